The number of aryl methyl sites for hydroxylation is 2. The highest BCUT2D eigenvalue weighted by molar-refractivity contribution is 9.10. The van der Waals surface area contributed by atoms with E-state index in [9.17, 15) is 13.2 Å². The summed E-state index contributed by atoms with van der Waals surface area (Å²) in [5.74, 6) is 0.991. The summed E-state index contributed by atoms with van der Waals surface area (Å²) in [5.41, 5.74) is 2.48. The van der Waals surface area contributed by atoms with Gasteiger partial charge in [-0.05, 0) is 84.1 Å². The highest BCUT2D eigenvalue weighted by Crippen LogP contribution is 2.30. The Morgan fingerprint density at radius 2 is 1.76 bits per heavy atom. The smallest absolute Gasteiger partial charge is 0.264 e. The Bertz CT molecular complexity index is 1300. The molecule has 1 N–H and O–H groups in total. The van der Waals surface area contributed by atoms with E-state index in [-0.39, 0.29) is 17.3 Å². The van der Waals surface area contributed by atoms with Crippen LogP contribution in [0.1, 0.15) is 30.9 Å². The van der Waals surface area contributed by atoms with Crippen molar-refractivity contribution in [1.82, 2.24) is 5.32 Å². The number of para-hydroxylation sites is 1. The second kappa shape index (κ2) is 13.5. The van der Waals surface area contributed by atoms with Crippen LogP contribution in [0.15, 0.2) is 76.1 Å². The van der Waals surface area contributed by atoms with Crippen LogP contribution >= 0.6 is 15.9 Å². The van der Waals surface area contributed by atoms with Gasteiger partial charge in [-0.2, -0.15) is 0 Å². The van der Waals surface area contributed by atoms with Crippen LogP contribution in [0.3, 0.4) is 0 Å². The fourth-order valence-corrected chi connectivity index (χ4v) is 5.86. The monoisotopic (exact) mass is 588 g/mol. The summed E-state index contributed by atoms with van der Waals surface area (Å²) in [4.78, 5) is 12.9. The molecule has 0 aliphatic rings. The largest absolute Gasteiger partial charge is 0.496 e. The zero-order valence-corrected chi connectivity index (χ0v) is 23.8. The van der Waals surface area contributed by atoms with Crippen LogP contribution in [-0.2, 0) is 21.2 Å². The molecule has 3 aromatic rings. The van der Waals surface area contributed by atoms with E-state index in [0.717, 1.165) is 34.0 Å². The summed E-state index contributed by atoms with van der Waals surface area (Å²) in [6.45, 7) is 4.71. The fraction of sp³-hybridized carbons (Fsp3) is 0.321. The molecule has 0 unspecified atom stereocenters. The van der Waals surface area contributed by atoms with E-state index >= 15 is 0 Å². The highest BCUT2D eigenvalue weighted by Gasteiger charge is 2.28. The minimum atomic E-state index is -4.03. The van der Waals surface area contributed by atoms with Crippen molar-refractivity contribution in [3.05, 3.63) is 82.3 Å². The fourth-order valence-electron chi connectivity index (χ4n) is 3.72. The maximum atomic E-state index is 13.6. The Morgan fingerprint density at radius 1 is 1.03 bits per heavy atom. The topological polar surface area (TPSA) is 84.9 Å². The average Bonchev–Trinajstić information content (AvgIpc) is 2.89. The molecular formula is C28H33BrN2O5S. The number of methoxy groups -OCH3 is 1. The molecule has 0 bridgehead atoms. The molecule has 37 heavy (non-hydrogen) atoms. The second-order valence-corrected chi connectivity index (χ2v) is 11.3. The summed E-state index contributed by atoms with van der Waals surface area (Å²) in [6.07, 6.45) is 2.36. The molecule has 0 saturated carbocycles. The molecule has 0 spiro atoms. The van der Waals surface area contributed by atoms with E-state index in [1.54, 1.807) is 18.2 Å². The normalized spacial score (nSPS) is 11.1. The number of nitrogens with zero attached hydrogens (tertiary/aromatic N) is 1. The third-order valence-corrected chi connectivity index (χ3v) is 8.09. The van der Waals surface area contributed by atoms with Crippen molar-refractivity contribution in [3.63, 3.8) is 0 Å². The van der Waals surface area contributed by atoms with Crippen molar-refractivity contribution >= 4 is 37.5 Å². The molecule has 9 heteroatoms. The number of carbonyl (C=O) groups is 1. The van der Waals surface area contributed by atoms with Gasteiger partial charge in [0.15, 0.2) is 0 Å². The van der Waals surface area contributed by atoms with Crippen molar-refractivity contribution in [3.8, 4) is 11.5 Å². The van der Waals surface area contributed by atoms with E-state index in [1.807, 2.05) is 43.3 Å². The Hall–Kier alpha value is -3.04. The van der Waals surface area contributed by atoms with Gasteiger partial charge in [-0.25, -0.2) is 8.42 Å². The van der Waals surface area contributed by atoms with E-state index in [1.165, 1.54) is 19.2 Å². The van der Waals surface area contributed by atoms with Gasteiger partial charge in [-0.3, -0.25) is 9.10 Å². The summed E-state index contributed by atoms with van der Waals surface area (Å²) >= 11 is 3.35. The zero-order chi connectivity index (χ0) is 26.8. The van der Waals surface area contributed by atoms with Gasteiger partial charge in [0.05, 0.1) is 28.8 Å². The van der Waals surface area contributed by atoms with Crippen LogP contribution in [0.5, 0.6) is 11.5 Å². The Morgan fingerprint density at radius 3 is 2.43 bits per heavy atom. The molecule has 0 saturated heterocycles. The number of ether oxygens (including phenoxy) is 2. The maximum Gasteiger partial charge on any atom is 0.264 e. The van der Waals surface area contributed by atoms with E-state index in [2.05, 4.69) is 28.2 Å². The summed E-state index contributed by atoms with van der Waals surface area (Å²) in [7, 11) is -2.52. The van der Waals surface area contributed by atoms with Gasteiger partial charge in [0, 0.05) is 6.54 Å². The summed E-state index contributed by atoms with van der Waals surface area (Å²) in [5, 5.41) is 2.87. The number of halogens is 1. The number of rotatable bonds is 13. The standard InChI is InChI=1S/C28H33BrN2O5S/c1-4-18-36-26-10-6-5-8-22(26)9-7-17-30-28(32)20-31(23-13-11-21(2)12-14-23)37(33,34)24-15-16-27(35-3)25(29)19-24/h5-6,8,10-16,19H,4,7,9,17-18,20H2,1-3H3,(H,30,32). The van der Waals surface area contributed by atoms with Crippen LogP contribution < -0.4 is 19.1 Å². The molecule has 3 aromatic carbocycles. The van der Waals surface area contributed by atoms with Gasteiger partial charge in [0.25, 0.3) is 10.0 Å². The van der Waals surface area contributed by atoms with Crippen LogP contribution in [0.25, 0.3) is 0 Å². The molecule has 0 atom stereocenters. The third kappa shape index (κ3) is 7.72. The number of nitrogens with one attached hydrogen (secondary N) is 1. The van der Waals surface area contributed by atoms with Gasteiger partial charge in [0.2, 0.25) is 5.91 Å². The molecule has 7 nitrogen and oxygen atoms in total. The summed E-state index contributed by atoms with van der Waals surface area (Å²) in [6, 6.07) is 19.4. The molecule has 0 fully saturated rings. The Kier molecular flexibility index (Phi) is 10.4. The first-order chi connectivity index (χ1) is 17.8. The zero-order valence-electron chi connectivity index (χ0n) is 21.4. The van der Waals surface area contributed by atoms with Crippen LogP contribution in [0, 0.1) is 6.92 Å². The first kappa shape index (κ1) is 28.5. The number of amides is 1. The molecule has 0 radical (unpaired) electrons. The molecule has 3 rings (SSSR count). The van der Waals surface area contributed by atoms with Crippen molar-refractivity contribution in [1.29, 1.82) is 0 Å². The predicted octanol–water partition coefficient (Wildman–Crippen LogP) is 5.50. The SMILES string of the molecule is CCCOc1ccccc1CCCNC(=O)CN(c1ccc(C)cc1)S(=O)(=O)c1ccc(OC)c(Br)c1. The summed E-state index contributed by atoms with van der Waals surface area (Å²) < 4.78 is 39.9. The van der Waals surface area contributed by atoms with E-state index < -0.39 is 10.0 Å². The van der Waals surface area contributed by atoms with E-state index in [4.69, 9.17) is 9.47 Å². The lowest BCUT2D eigenvalue weighted by atomic mass is 10.1. The van der Waals surface area contributed by atoms with Crippen LogP contribution in [-0.4, -0.2) is 41.1 Å². The molecule has 198 valence electrons. The molecule has 0 heterocycles. The van der Waals surface area contributed by atoms with Crippen LogP contribution in [0.4, 0.5) is 5.69 Å². The number of sulfonamides is 1. The third-order valence-electron chi connectivity index (χ3n) is 5.70. The predicted molar refractivity (Wildman–Crippen MR) is 150 cm³/mol. The lowest BCUT2D eigenvalue weighted by molar-refractivity contribution is -0.119. The minimum absolute atomic E-state index is 0.0530. The van der Waals surface area contributed by atoms with Crippen molar-refractivity contribution in [2.75, 3.05) is 31.1 Å². The van der Waals surface area contributed by atoms with Gasteiger partial charge in [-0.1, -0.05) is 42.8 Å². The number of hydrogen-bond donors (Lipinski definition) is 1. The molecule has 1 amide bonds. The van der Waals surface area contributed by atoms with Crippen molar-refractivity contribution in [2.45, 2.75) is 38.0 Å². The van der Waals surface area contributed by atoms with Gasteiger partial charge in [-0.15, -0.1) is 0 Å². The Labute approximate surface area is 228 Å². The quantitative estimate of drug-likeness (QED) is 0.266. The molecule has 0 aromatic heterocycles. The number of benzene rings is 3. The average molecular weight is 590 g/mol. The first-order valence-electron chi connectivity index (χ1n) is 12.2. The van der Waals surface area contributed by atoms with Crippen LogP contribution in [0.2, 0.25) is 0 Å². The molecular weight excluding hydrogens is 556 g/mol. The molecule has 0 aliphatic carbocycles. The second-order valence-electron chi connectivity index (χ2n) is 8.55. The minimum Gasteiger partial charge on any atom is -0.496 e. The first-order valence-corrected chi connectivity index (χ1v) is 14.4. The molecule has 0 aliphatic heterocycles. The van der Waals surface area contributed by atoms with Gasteiger partial charge < -0.3 is 14.8 Å². The highest BCUT2D eigenvalue weighted by atomic mass is 79.9. The van der Waals surface area contributed by atoms with Gasteiger partial charge >= 0.3 is 0 Å². The van der Waals surface area contributed by atoms with E-state index in [0.29, 0.717) is 35.5 Å². The van der Waals surface area contributed by atoms with Gasteiger partial charge in [0.1, 0.15) is 18.0 Å². The lowest BCUT2D eigenvalue weighted by Gasteiger charge is -2.24. The lowest BCUT2D eigenvalue weighted by Crippen LogP contribution is -2.41. The number of anilines is 1. The Balaban J connectivity index is 1.71. The number of carbonyl (C=O) groups excluding carboxylic acids is 1. The number of hydrogen-bond acceptors (Lipinski definition) is 5. The maximum absolute atomic E-state index is 13.6. The van der Waals surface area contributed by atoms with Crippen molar-refractivity contribution < 1.29 is 22.7 Å². The van der Waals surface area contributed by atoms with Crippen molar-refractivity contribution in [2.24, 2.45) is 0 Å².